The number of nitrogens with zero attached hydrogens (tertiary/aromatic N) is 3. The van der Waals surface area contributed by atoms with E-state index >= 15 is 0 Å². The minimum Gasteiger partial charge on any atom is -0.485 e. The van der Waals surface area contributed by atoms with Gasteiger partial charge >= 0.3 is 0 Å². The van der Waals surface area contributed by atoms with Gasteiger partial charge in [0.25, 0.3) is 0 Å². The van der Waals surface area contributed by atoms with Gasteiger partial charge in [-0.25, -0.2) is 4.98 Å². The molecule has 3 rings (SSSR count). The van der Waals surface area contributed by atoms with Gasteiger partial charge in [-0.05, 0) is 50.5 Å². The fourth-order valence-electron chi connectivity index (χ4n) is 3.18. The standard InChI is InChI=1S/C25H31N5O3/c1-25(2,32)9-6-18-4-3-5-19(12-18)17-33-23-13-20(15-28-24(23)27)21(14-26)16-29-30-10-7-22(31)8-11-30/h3-5,12-16,22,31-32H,7-8,10-11,17,26H2,1-2H3,(H2,27,28). The number of nitrogen functional groups attached to an aromatic ring is 1. The first-order valence-electron chi connectivity index (χ1n) is 10.9. The van der Waals surface area contributed by atoms with E-state index < -0.39 is 5.60 Å². The maximum atomic E-state index is 9.79. The first-order chi connectivity index (χ1) is 15.7. The van der Waals surface area contributed by atoms with Crippen molar-refractivity contribution >= 4 is 17.6 Å². The van der Waals surface area contributed by atoms with Gasteiger partial charge in [0, 0.05) is 42.2 Å². The molecule has 1 aliphatic heterocycles. The summed E-state index contributed by atoms with van der Waals surface area (Å²) in [5, 5.41) is 25.8. The van der Waals surface area contributed by atoms with E-state index in [4.69, 9.17) is 16.2 Å². The van der Waals surface area contributed by atoms with Crippen molar-refractivity contribution in [2.75, 3.05) is 18.8 Å². The summed E-state index contributed by atoms with van der Waals surface area (Å²) in [6, 6.07) is 9.37. The zero-order chi connectivity index (χ0) is 23.8. The number of hydrogen-bond acceptors (Lipinski definition) is 8. The number of allylic oxidation sites excluding steroid dienone is 1. The Morgan fingerprint density at radius 1 is 1.33 bits per heavy atom. The highest BCUT2D eigenvalue weighted by Crippen LogP contribution is 2.25. The normalized spacial score (nSPS) is 15.4. The monoisotopic (exact) mass is 449 g/mol. The number of pyridine rings is 1. The Bertz CT molecular complexity index is 1070. The molecule has 0 aliphatic carbocycles. The number of anilines is 1. The first-order valence-corrected chi connectivity index (χ1v) is 10.9. The smallest absolute Gasteiger partial charge is 0.166 e. The van der Waals surface area contributed by atoms with E-state index in [9.17, 15) is 10.2 Å². The predicted octanol–water partition coefficient (Wildman–Crippen LogP) is 2.11. The lowest BCUT2D eigenvalue weighted by Crippen LogP contribution is -2.32. The summed E-state index contributed by atoms with van der Waals surface area (Å²) in [5.41, 5.74) is 13.9. The third kappa shape index (κ3) is 7.52. The van der Waals surface area contributed by atoms with E-state index in [1.54, 1.807) is 32.3 Å². The molecular formula is C25H31N5O3. The van der Waals surface area contributed by atoms with E-state index in [-0.39, 0.29) is 18.5 Å². The highest BCUT2D eigenvalue weighted by molar-refractivity contribution is 6.09. The topological polar surface area (TPSA) is 130 Å². The molecule has 1 aromatic heterocycles. The van der Waals surface area contributed by atoms with E-state index in [0.29, 0.717) is 37.3 Å². The quantitative estimate of drug-likeness (QED) is 0.392. The Kier molecular flexibility index (Phi) is 7.93. The molecule has 8 heteroatoms. The SMILES string of the molecule is CC(C)(O)C#Cc1cccc(COc2cc(C(C=NN3CCC(O)CC3)=CN)cnc2N)c1. The molecular weight excluding hydrogens is 418 g/mol. The van der Waals surface area contributed by atoms with Crippen LogP contribution >= 0.6 is 0 Å². The molecule has 1 aromatic carbocycles. The second kappa shape index (κ2) is 10.9. The lowest BCUT2D eigenvalue weighted by Gasteiger charge is -2.26. The molecule has 6 N–H and O–H groups in total. The molecule has 1 saturated heterocycles. The minimum atomic E-state index is -1.06. The fourth-order valence-corrected chi connectivity index (χ4v) is 3.18. The van der Waals surface area contributed by atoms with E-state index in [1.165, 1.54) is 6.20 Å². The van der Waals surface area contributed by atoms with Crippen LogP contribution in [0.5, 0.6) is 5.75 Å². The van der Waals surface area contributed by atoms with Crippen LogP contribution in [-0.2, 0) is 6.61 Å². The van der Waals surface area contributed by atoms with E-state index in [0.717, 1.165) is 16.7 Å². The van der Waals surface area contributed by atoms with Gasteiger partial charge in [0.05, 0.1) is 12.3 Å². The summed E-state index contributed by atoms with van der Waals surface area (Å²) >= 11 is 0. The molecule has 0 atom stereocenters. The number of piperidine rings is 1. The number of ether oxygens (including phenoxy) is 1. The van der Waals surface area contributed by atoms with E-state index in [2.05, 4.69) is 21.9 Å². The Morgan fingerprint density at radius 3 is 2.79 bits per heavy atom. The summed E-state index contributed by atoms with van der Waals surface area (Å²) < 4.78 is 5.93. The summed E-state index contributed by atoms with van der Waals surface area (Å²) in [4.78, 5) is 4.24. The van der Waals surface area contributed by atoms with Gasteiger partial charge < -0.3 is 26.4 Å². The highest BCUT2D eigenvalue weighted by Gasteiger charge is 2.15. The second-order valence-corrected chi connectivity index (χ2v) is 8.46. The van der Waals surface area contributed by atoms with Crippen molar-refractivity contribution < 1.29 is 14.9 Å². The van der Waals surface area contributed by atoms with Crippen LogP contribution in [0.3, 0.4) is 0 Å². The van der Waals surface area contributed by atoms with Crippen LogP contribution in [0.25, 0.3) is 5.57 Å². The summed E-state index contributed by atoms with van der Waals surface area (Å²) in [7, 11) is 0. The van der Waals surface area contributed by atoms with Gasteiger partial charge in [-0.15, -0.1) is 0 Å². The Labute approximate surface area is 194 Å². The van der Waals surface area contributed by atoms with Crippen LogP contribution in [0, 0.1) is 11.8 Å². The molecule has 1 aliphatic rings. The lowest BCUT2D eigenvalue weighted by atomic mass is 10.1. The molecule has 0 unspecified atom stereocenters. The Balaban J connectivity index is 1.69. The number of rotatable bonds is 6. The third-order valence-electron chi connectivity index (χ3n) is 5.03. The molecule has 1 fully saturated rings. The number of aliphatic hydroxyl groups is 2. The van der Waals surface area contributed by atoms with Crippen LogP contribution in [0.15, 0.2) is 47.8 Å². The van der Waals surface area contributed by atoms with Crippen LogP contribution in [-0.4, -0.2) is 51.2 Å². The van der Waals surface area contributed by atoms with Gasteiger partial charge in [0.15, 0.2) is 11.6 Å². The molecule has 0 radical (unpaired) electrons. The van der Waals surface area contributed by atoms with Crippen molar-refractivity contribution in [1.29, 1.82) is 0 Å². The van der Waals surface area contributed by atoms with Crippen LogP contribution in [0.2, 0.25) is 0 Å². The maximum Gasteiger partial charge on any atom is 0.166 e. The zero-order valence-electron chi connectivity index (χ0n) is 19.0. The van der Waals surface area contributed by atoms with Crippen molar-refractivity contribution in [2.45, 2.75) is 45.0 Å². The molecule has 174 valence electrons. The molecule has 0 amide bonds. The maximum absolute atomic E-state index is 9.79. The molecule has 8 nitrogen and oxygen atoms in total. The Morgan fingerprint density at radius 2 is 2.09 bits per heavy atom. The molecule has 33 heavy (non-hydrogen) atoms. The number of aromatic nitrogens is 1. The highest BCUT2D eigenvalue weighted by atomic mass is 16.5. The van der Waals surface area contributed by atoms with Crippen LogP contribution < -0.4 is 16.2 Å². The fraction of sp³-hybridized carbons (Fsp3) is 0.360. The van der Waals surface area contributed by atoms with Gasteiger partial charge in [-0.3, -0.25) is 5.01 Å². The summed E-state index contributed by atoms with van der Waals surface area (Å²) in [6.07, 6.45) is 5.91. The molecule has 0 spiro atoms. The van der Waals surface area contributed by atoms with Crippen LogP contribution in [0.1, 0.15) is 43.4 Å². The van der Waals surface area contributed by atoms with Crippen molar-refractivity contribution in [2.24, 2.45) is 10.8 Å². The van der Waals surface area contributed by atoms with Crippen LogP contribution in [0.4, 0.5) is 5.82 Å². The first kappa shape index (κ1) is 24.1. The zero-order valence-corrected chi connectivity index (χ0v) is 19.0. The van der Waals surface area contributed by atoms with Crippen molar-refractivity contribution in [1.82, 2.24) is 9.99 Å². The van der Waals surface area contributed by atoms with Crippen molar-refractivity contribution in [3.05, 3.63) is 59.4 Å². The minimum absolute atomic E-state index is 0.253. The van der Waals surface area contributed by atoms with Gasteiger partial charge in [-0.1, -0.05) is 24.0 Å². The van der Waals surface area contributed by atoms with Gasteiger partial charge in [0.1, 0.15) is 12.2 Å². The average Bonchev–Trinajstić information content (AvgIpc) is 2.79. The van der Waals surface area contributed by atoms with E-state index in [1.807, 2.05) is 29.3 Å². The second-order valence-electron chi connectivity index (χ2n) is 8.46. The number of benzene rings is 1. The number of nitrogens with two attached hydrogens (primary N) is 2. The Hall–Kier alpha value is -3.54. The molecule has 2 heterocycles. The van der Waals surface area contributed by atoms with Gasteiger partial charge in [-0.2, -0.15) is 5.10 Å². The summed E-state index contributed by atoms with van der Waals surface area (Å²) in [5.74, 6) is 6.48. The largest absolute Gasteiger partial charge is 0.485 e. The van der Waals surface area contributed by atoms with Crippen molar-refractivity contribution in [3.63, 3.8) is 0 Å². The molecule has 2 aromatic rings. The van der Waals surface area contributed by atoms with Crippen molar-refractivity contribution in [3.8, 4) is 17.6 Å². The number of hydrazone groups is 1. The predicted molar refractivity (Wildman–Crippen MR) is 130 cm³/mol. The average molecular weight is 450 g/mol. The number of hydrogen-bond donors (Lipinski definition) is 4. The third-order valence-corrected chi connectivity index (χ3v) is 5.03. The molecule has 0 saturated carbocycles. The molecule has 0 bridgehead atoms. The number of aliphatic hydroxyl groups excluding tert-OH is 1. The summed E-state index contributed by atoms with van der Waals surface area (Å²) in [6.45, 7) is 4.95. The van der Waals surface area contributed by atoms with Gasteiger partial charge in [0.2, 0.25) is 0 Å². The lowest BCUT2D eigenvalue weighted by molar-refractivity contribution is 0.0846.